The van der Waals surface area contributed by atoms with Gasteiger partial charge in [0.1, 0.15) is 49.2 Å². The fourth-order valence-electron chi connectivity index (χ4n) is 4.67. The van der Waals surface area contributed by atoms with E-state index in [0.717, 1.165) is 0 Å². The highest BCUT2D eigenvalue weighted by Gasteiger charge is 2.51. The van der Waals surface area contributed by atoms with E-state index in [2.05, 4.69) is 4.99 Å². The quantitative estimate of drug-likeness (QED) is 0.315. The van der Waals surface area contributed by atoms with Gasteiger partial charge in [-0.05, 0) is 30.3 Å². The lowest BCUT2D eigenvalue weighted by Gasteiger charge is -2.37. The minimum absolute atomic E-state index is 0.0202. The molecule has 0 amide bonds. The van der Waals surface area contributed by atoms with Gasteiger partial charge in [0, 0.05) is 16.1 Å². The first kappa shape index (κ1) is 24.5. The van der Waals surface area contributed by atoms with Crippen LogP contribution in [0.4, 0.5) is 4.39 Å². The minimum atomic E-state index is -1.86. The molecule has 2 aliphatic rings. The fraction of sp³-hybridized carbons (Fsp3) is 0.292. The van der Waals surface area contributed by atoms with Crippen LogP contribution in [0.25, 0.3) is 5.69 Å². The molecule has 1 fully saturated rings. The molecule has 5 atom stereocenters. The van der Waals surface area contributed by atoms with Crippen molar-refractivity contribution in [1.29, 1.82) is 0 Å². The van der Waals surface area contributed by atoms with Crippen LogP contribution in [0.2, 0.25) is 5.02 Å². The molecule has 0 unspecified atom stereocenters. The molecule has 0 saturated carbocycles. The van der Waals surface area contributed by atoms with Crippen molar-refractivity contribution in [3.05, 3.63) is 82.1 Å². The summed E-state index contributed by atoms with van der Waals surface area (Å²) in [6.07, 6.45) is -7.15. The number of aromatic nitrogens is 2. The lowest BCUT2D eigenvalue weighted by Crippen LogP contribution is -2.64. The monoisotopic (exact) mass is 518 g/mol. The van der Waals surface area contributed by atoms with Gasteiger partial charge < -0.3 is 30.3 Å². The zero-order chi connectivity index (χ0) is 25.7. The molecular weight excluding hydrogens is 497 g/mol. The van der Waals surface area contributed by atoms with Crippen molar-refractivity contribution in [2.45, 2.75) is 43.8 Å². The number of imidazole rings is 1. The van der Waals surface area contributed by atoms with Crippen LogP contribution in [0.3, 0.4) is 0 Å². The molecule has 2 aliphatic heterocycles. The third-order valence-electron chi connectivity index (χ3n) is 6.36. The summed E-state index contributed by atoms with van der Waals surface area (Å²) in [5, 5.41) is 51.1. The van der Waals surface area contributed by atoms with E-state index in [1.54, 1.807) is 41.0 Å². The summed E-state index contributed by atoms with van der Waals surface area (Å²) in [6.45, 7) is -0.563. The molecule has 2 aromatic carbocycles. The molecule has 1 aromatic heterocycles. The average Bonchev–Trinajstić information content (AvgIpc) is 3.14. The van der Waals surface area contributed by atoms with Crippen LogP contribution in [-0.4, -0.2) is 66.2 Å². The van der Waals surface area contributed by atoms with Gasteiger partial charge in [0.25, 0.3) is 5.82 Å². The highest BCUT2D eigenvalue weighted by molar-refractivity contribution is 6.31. The second-order valence-electron chi connectivity index (χ2n) is 8.50. The Hall–Kier alpha value is -3.19. The van der Waals surface area contributed by atoms with Crippen molar-refractivity contribution in [3.63, 3.8) is 0 Å². The Morgan fingerprint density at radius 1 is 1.14 bits per heavy atom. The molecule has 5 N–H and O–H groups in total. The van der Waals surface area contributed by atoms with Crippen molar-refractivity contribution >= 4 is 23.3 Å². The molecule has 36 heavy (non-hydrogen) atoms. The predicted octanol–water partition coefficient (Wildman–Crippen LogP) is 0.465. The van der Waals surface area contributed by atoms with Crippen LogP contribution < -0.4 is 4.57 Å². The van der Waals surface area contributed by atoms with Gasteiger partial charge >= 0.3 is 5.97 Å². The molecule has 188 valence electrons. The number of rotatable bonds is 4. The maximum atomic E-state index is 14.7. The highest BCUT2D eigenvalue weighted by Crippen LogP contribution is 2.31. The van der Waals surface area contributed by atoms with E-state index in [-0.39, 0.29) is 17.9 Å². The first-order chi connectivity index (χ1) is 17.2. The van der Waals surface area contributed by atoms with Gasteiger partial charge in [0.2, 0.25) is 6.23 Å². The molecule has 1 saturated heterocycles. The number of benzene rings is 2. The number of aliphatic hydroxyl groups is 4. The normalized spacial score (nSPS) is 25.5. The van der Waals surface area contributed by atoms with Crippen molar-refractivity contribution in [1.82, 2.24) is 4.57 Å². The maximum absolute atomic E-state index is 14.7. The van der Waals surface area contributed by atoms with Gasteiger partial charge in [-0.25, -0.2) is 13.8 Å². The SMILES string of the molecule is O=C(O)[C@H]1O[C@@H]([n+]2cc3n(c2CO)-c2ccc(Cl)cc2C(c2ccccc2F)=NC3)[C@H](O)[C@@H](O)[C@@H]1O. The van der Waals surface area contributed by atoms with Crippen LogP contribution in [-0.2, 0) is 22.7 Å². The first-order valence-corrected chi connectivity index (χ1v) is 11.4. The molecule has 0 radical (unpaired) electrons. The largest absolute Gasteiger partial charge is 0.479 e. The van der Waals surface area contributed by atoms with Crippen molar-refractivity contribution < 1.29 is 44.0 Å². The number of aliphatic carboxylic acids is 1. The van der Waals surface area contributed by atoms with Gasteiger partial charge in [-0.15, -0.1) is 0 Å². The summed E-state index contributed by atoms with van der Waals surface area (Å²) in [5.41, 5.74) is 2.09. The Bertz CT molecular complexity index is 1380. The highest BCUT2D eigenvalue weighted by atomic mass is 35.5. The summed E-state index contributed by atoms with van der Waals surface area (Å²) in [4.78, 5) is 16.2. The Kier molecular flexibility index (Phi) is 6.37. The Labute approximate surface area is 208 Å². The topological polar surface area (TPSA) is 149 Å². The van der Waals surface area contributed by atoms with Crippen LogP contribution in [0.15, 0.2) is 53.7 Å². The van der Waals surface area contributed by atoms with Crippen LogP contribution in [0.5, 0.6) is 0 Å². The van der Waals surface area contributed by atoms with E-state index >= 15 is 0 Å². The van der Waals surface area contributed by atoms with E-state index in [1.807, 2.05) is 0 Å². The summed E-state index contributed by atoms with van der Waals surface area (Å²) in [5.74, 6) is -1.84. The third kappa shape index (κ3) is 3.90. The van der Waals surface area contributed by atoms with Gasteiger partial charge in [0.15, 0.2) is 11.8 Å². The van der Waals surface area contributed by atoms with Gasteiger partial charge in [-0.2, -0.15) is 4.57 Å². The molecule has 0 bridgehead atoms. The zero-order valence-corrected chi connectivity index (χ0v) is 19.3. The van der Waals surface area contributed by atoms with Gasteiger partial charge in [-0.1, -0.05) is 23.7 Å². The smallest absolute Gasteiger partial charge is 0.335 e. The first-order valence-electron chi connectivity index (χ1n) is 11.0. The molecule has 3 aromatic rings. The number of hydrogen-bond acceptors (Lipinski definition) is 7. The molecule has 0 spiro atoms. The number of hydrogen-bond donors (Lipinski definition) is 5. The van der Waals surface area contributed by atoms with Crippen LogP contribution in [0, 0.1) is 5.82 Å². The standard InChI is InChI=1S/C24H21ClFN3O7/c25-11-5-6-16-14(7-11)18(13-3-1-2-4-15(13)26)27-8-12-9-28(17(10-30)29(12)16)23-21(33)19(31)20(32)22(36-23)24(34)35/h1-7,9,19-23,30-33H,8,10H2/p+1/t19-,20-,21+,22-,23+/m0/s1. The molecular formula is C24H22ClFN3O7+. The van der Waals surface area contributed by atoms with Crippen molar-refractivity contribution in [3.8, 4) is 5.69 Å². The number of ether oxygens (including phenoxy) is 1. The summed E-state index contributed by atoms with van der Waals surface area (Å²) in [7, 11) is 0. The Balaban J connectivity index is 1.68. The summed E-state index contributed by atoms with van der Waals surface area (Å²) < 4.78 is 23.1. The molecule has 10 nitrogen and oxygen atoms in total. The Morgan fingerprint density at radius 2 is 1.89 bits per heavy atom. The van der Waals surface area contributed by atoms with E-state index in [4.69, 9.17) is 16.3 Å². The number of halogens is 2. The lowest BCUT2D eigenvalue weighted by molar-refractivity contribution is -0.783. The van der Waals surface area contributed by atoms with E-state index in [0.29, 0.717) is 27.7 Å². The average molecular weight is 519 g/mol. The molecule has 12 heteroatoms. The number of carbonyl (C=O) groups is 1. The number of carboxylic acids is 1. The fourth-order valence-corrected chi connectivity index (χ4v) is 4.84. The second kappa shape index (κ2) is 9.36. The lowest BCUT2D eigenvalue weighted by atomic mass is 9.98. The number of nitrogens with zero attached hydrogens (tertiary/aromatic N) is 3. The third-order valence-corrected chi connectivity index (χ3v) is 6.60. The van der Waals surface area contributed by atoms with E-state index < -0.39 is 49.0 Å². The van der Waals surface area contributed by atoms with Crippen molar-refractivity contribution in [2.24, 2.45) is 4.99 Å². The van der Waals surface area contributed by atoms with E-state index in [9.17, 15) is 34.7 Å². The zero-order valence-electron chi connectivity index (χ0n) is 18.6. The summed E-state index contributed by atoms with van der Waals surface area (Å²) in [6, 6.07) is 11.1. The van der Waals surface area contributed by atoms with E-state index in [1.165, 1.54) is 16.8 Å². The number of carboxylic acid groups (broad SMARTS) is 1. The number of fused-ring (bicyclic) bond motifs is 3. The van der Waals surface area contributed by atoms with Gasteiger partial charge in [0.05, 0.1) is 5.71 Å². The minimum Gasteiger partial charge on any atom is -0.479 e. The van der Waals surface area contributed by atoms with Crippen LogP contribution in [0.1, 0.15) is 28.9 Å². The molecule has 0 aliphatic carbocycles. The Morgan fingerprint density at radius 3 is 2.58 bits per heavy atom. The van der Waals surface area contributed by atoms with Crippen LogP contribution >= 0.6 is 11.6 Å². The molecule has 5 rings (SSSR count). The number of aliphatic imine (C=N–C) groups is 1. The number of aliphatic hydroxyl groups excluding tert-OH is 4. The van der Waals surface area contributed by atoms with Gasteiger partial charge in [-0.3, -0.25) is 4.99 Å². The summed E-state index contributed by atoms with van der Waals surface area (Å²) >= 11 is 6.27. The predicted molar refractivity (Wildman–Crippen MR) is 122 cm³/mol. The molecule has 3 heterocycles. The second-order valence-corrected chi connectivity index (χ2v) is 8.94. The van der Waals surface area contributed by atoms with Crippen molar-refractivity contribution in [2.75, 3.05) is 0 Å². The maximum Gasteiger partial charge on any atom is 0.335 e.